The first-order chi connectivity index (χ1) is 59.9. The number of halogens is 2. The summed E-state index contributed by atoms with van der Waals surface area (Å²) in [5, 5.41) is 13.2. The van der Waals surface area contributed by atoms with Crippen molar-refractivity contribution in [2.75, 3.05) is 160 Å². The Kier molecular flexibility index (Phi) is 59.0. The molecule has 0 unspecified atom stereocenters. The number of nitrogens with zero attached hydrogens (tertiary/aromatic N) is 16. The van der Waals surface area contributed by atoms with E-state index in [4.69, 9.17) is 54.7 Å². The number of ether oxygens (including phenoxy) is 7. The normalized spacial score (nSPS) is 13.6. The predicted molar refractivity (Wildman–Crippen MR) is 495 cm³/mol. The summed E-state index contributed by atoms with van der Waals surface area (Å²) in [6.45, 7) is 40.4. The summed E-state index contributed by atoms with van der Waals surface area (Å²) < 4.78 is 35.9. The summed E-state index contributed by atoms with van der Waals surface area (Å²) in [4.78, 5) is 143. The minimum atomic E-state index is -1.05. The van der Waals surface area contributed by atoms with Crippen LogP contribution in [0.15, 0.2) is 171 Å². The van der Waals surface area contributed by atoms with Gasteiger partial charge in [-0.05, 0) is 139 Å². The number of carbonyl (C=O) groups is 8. The van der Waals surface area contributed by atoms with Crippen LogP contribution in [0.2, 0.25) is 5.28 Å². The molecule has 4 aromatic carbocycles. The first-order valence-electron chi connectivity index (χ1n) is 41.7. The summed E-state index contributed by atoms with van der Waals surface area (Å²) in [7, 11) is 2.93. The number of hydrogen-bond acceptors (Lipinski definition) is 29. The molecule has 0 aliphatic carbocycles. The Bertz CT molecular complexity index is 4420. The fraction of sp³-hybridized carbons (Fsp3) is 0.478. The van der Waals surface area contributed by atoms with Crippen LogP contribution in [0.1, 0.15) is 164 Å². The molecular weight excluding hydrogens is 1790 g/mol. The van der Waals surface area contributed by atoms with E-state index in [2.05, 4.69) is 119 Å². The number of hydrogen-bond donors (Lipinski definition) is 2. The molecule has 0 saturated carbocycles. The third kappa shape index (κ3) is 49.8. The van der Waals surface area contributed by atoms with Gasteiger partial charge in [0.15, 0.2) is 0 Å². The Morgan fingerprint density at radius 3 is 0.977 bits per heavy atom. The van der Waals surface area contributed by atoms with Gasteiger partial charge in [0.1, 0.15) is 22.4 Å². The predicted octanol–water partition coefficient (Wildman–Crippen LogP) is 7.96. The largest absolute Gasteiger partial charge is 2.00 e. The molecule has 5 aliphatic heterocycles. The number of nitrogens with one attached hydrogen (secondary N) is 1. The van der Waals surface area contributed by atoms with Gasteiger partial charge in [0, 0.05) is 175 Å². The van der Waals surface area contributed by atoms with Crippen molar-refractivity contribution >= 4 is 101 Å². The number of aromatic nitrogens is 8. The number of esters is 2. The van der Waals surface area contributed by atoms with E-state index in [0.717, 1.165) is 44.5 Å². The van der Waals surface area contributed by atoms with Crippen molar-refractivity contribution < 1.29 is 133 Å². The van der Waals surface area contributed by atoms with Crippen LogP contribution in [-0.2, 0) is 38.0 Å². The van der Waals surface area contributed by atoms with Crippen LogP contribution in [0.4, 0.5) is 37.0 Å². The first kappa shape index (κ1) is 121. The number of piperazine rings is 4. The molecule has 131 heavy (non-hydrogen) atoms. The van der Waals surface area contributed by atoms with Crippen LogP contribution in [-0.4, -0.2) is 314 Å². The fourth-order valence-corrected chi connectivity index (χ4v) is 11.1. The van der Waals surface area contributed by atoms with Crippen molar-refractivity contribution in [1.29, 1.82) is 0 Å². The number of hydroxylamine groups is 2. The Morgan fingerprint density at radius 2 is 0.733 bits per heavy atom. The molecule has 13 rings (SSSR count). The van der Waals surface area contributed by atoms with Crippen molar-refractivity contribution in [3.8, 4) is 11.1 Å². The molecule has 8 aromatic rings. The van der Waals surface area contributed by atoms with Crippen LogP contribution in [0.25, 0.3) is 11.1 Å². The molecular formula is C92H130BrClMgN17NaO18. The smallest absolute Gasteiger partial charge is 1.00 e. The molecule has 0 bridgehead atoms. The number of carboxylic acid groups (broad SMARTS) is 1. The van der Waals surface area contributed by atoms with Gasteiger partial charge < -0.3 is 100 Å². The number of rotatable bonds is 11. The summed E-state index contributed by atoms with van der Waals surface area (Å²) in [5.74, 6) is -0.709. The van der Waals surface area contributed by atoms with Crippen molar-refractivity contribution in [1.82, 2.24) is 69.9 Å². The van der Waals surface area contributed by atoms with E-state index in [0.29, 0.717) is 126 Å². The van der Waals surface area contributed by atoms with Crippen LogP contribution in [0.3, 0.4) is 0 Å². The quantitative estimate of drug-likeness (QED) is 0.0309. The molecule has 39 heteroatoms. The molecule has 5 aliphatic rings. The molecule has 9 heterocycles. The summed E-state index contributed by atoms with van der Waals surface area (Å²) in [5.41, 5.74) is 3.01. The van der Waals surface area contributed by atoms with Crippen molar-refractivity contribution in [2.45, 2.75) is 147 Å². The van der Waals surface area contributed by atoms with E-state index in [1.54, 1.807) is 33.4 Å². The van der Waals surface area contributed by atoms with Gasteiger partial charge in [-0.15, -0.1) is 0 Å². The van der Waals surface area contributed by atoms with Crippen molar-refractivity contribution in [2.24, 2.45) is 0 Å². The molecule has 4 aromatic heterocycles. The standard InChI is InChI=1S/C16H25N5O4.C16H24N4O4.C14H20N4O4.C12H10.C9H18N2O2.C7H7ClN2O2.C7H8.C6H5.C4H8O.CH4.BrH.Mg.Na.H2O/c1-16(2,3)25-15(23)21-8-6-20(7-9-21)14-17-10-12(11-18-14)13(22)19(4)24-5;1-5-23-13(21)12-10-17-14(18-11-12)19-6-8-20(9-7-19)15(22)24-16(2,3)4;1-14(2,3)22-13(21)18-6-4-17(5-7-18)12-15-8-10(9-16-12)11(19)20;1-3-7-11(8-4-1)12-9-5-2-6-10-12;1-9(2,3)13-8(12)11-6-4-10-5-7-11;1-2-12-6(11)5-3-9-7(8)10-4-5;1-7-5-3-2-4-6-7;1-2-4-6-5-3-1;1-2-4-5-3-1;;;;;/h10-11H,6-9H2,1-5H3;10-11H,5-9H2,1-4H3;8-9H,4-7H2,1-3H3,(H,19,20);1-10H;10H,4-7H2,1-3H3;3-4H,2H2,1H3;2-6H,1H3;1-5H;1-4H2;1H4;1H;;;1H2/q;;;;;;;-1;;;;+2;+1;/p-2. The average molecular weight is 1920 g/mol. The van der Waals surface area contributed by atoms with Gasteiger partial charge in [-0.1, -0.05) is 104 Å². The zero-order valence-corrected chi connectivity index (χ0v) is 84.0. The van der Waals surface area contributed by atoms with Gasteiger partial charge in [0.25, 0.3) is 5.91 Å². The summed E-state index contributed by atoms with van der Waals surface area (Å²) >= 11 is 5.42. The van der Waals surface area contributed by atoms with Gasteiger partial charge in [-0.3, -0.25) is 9.63 Å². The molecule has 0 spiro atoms. The minimum absolute atomic E-state index is 0. The second-order valence-corrected chi connectivity index (χ2v) is 32.5. The molecule has 0 atom stereocenters. The zero-order chi connectivity index (χ0) is 92.7. The molecule has 3 N–H and O–H groups in total. The van der Waals surface area contributed by atoms with E-state index in [9.17, 15) is 38.4 Å². The number of aromatic carboxylic acids is 1. The van der Waals surface area contributed by atoms with Crippen molar-refractivity contribution in [3.05, 3.63) is 210 Å². The summed E-state index contributed by atoms with van der Waals surface area (Å²) in [6.07, 6.45) is 12.5. The third-order valence-electron chi connectivity index (χ3n) is 17.3. The number of carboxylic acids is 1. The third-order valence-corrected chi connectivity index (χ3v) is 17.5. The average Bonchev–Trinajstić information content (AvgIpc) is 0.888. The van der Waals surface area contributed by atoms with E-state index in [-0.39, 0.29) is 129 Å². The van der Waals surface area contributed by atoms with Crippen molar-refractivity contribution in [3.63, 3.8) is 0 Å². The van der Waals surface area contributed by atoms with E-state index < -0.39 is 34.7 Å². The van der Waals surface area contributed by atoms with Gasteiger partial charge in [-0.2, -0.15) is 36.4 Å². The first-order valence-corrected chi connectivity index (χ1v) is 42.1. The zero-order valence-electron chi connectivity index (χ0n) is 78.3. The maximum Gasteiger partial charge on any atom is 2.00 e. The number of benzene rings is 4. The maximum absolute atomic E-state index is 12.1. The number of anilines is 3. The van der Waals surface area contributed by atoms with Gasteiger partial charge in [0.05, 0.1) is 42.6 Å². The monoisotopic (exact) mass is 1920 g/mol. The summed E-state index contributed by atoms with van der Waals surface area (Å²) in [6, 6.07) is 43.5. The maximum atomic E-state index is 12.1. The molecule has 5 saturated heterocycles. The van der Waals surface area contributed by atoms with Gasteiger partial charge in [0.2, 0.25) is 23.1 Å². The van der Waals surface area contributed by atoms with Crippen LogP contribution >= 0.6 is 11.6 Å². The topological polar surface area (TPSA) is 402 Å². The molecule has 5 fully saturated rings. The Hall–Kier alpha value is -10.1. The van der Waals surface area contributed by atoms with Gasteiger partial charge in [-0.25, -0.2) is 78.5 Å². The van der Waals surface area contributed by atoms with Crippen LogP contribution < -0.4 is 66.6 Å². The minimum Gasteiger partial charge on any atom is -1.00 e. The Balaban J connectivity index is 0.00000150. The van der Waals surface area contributed by atoms with Crippen LogP contribution in [0, 0.1) is 13.0 Å². The van der Waals surface area contributed by atoms with Gasteiger partial charge >= 0.3 is 94.9 Å². The van der Waals surface area contributed by atoms with E-state index in [1.165, 1.54) is 93.3 Å². The molecule has 5 amide bonds. The SMILES string of the molecule is C.C1CCOC1.CC(C)(C)OC(=O)N1CCN(c2ncc(C(=O)O)cn2)CC1.CC(C)(C)OC(=O)N1CCNCC1.CCOC(=O)c1cnc(Cl)nc1.CCOC(=O)c1cnc(N2CCN(C(=O)OC(C)(C)C)CC2)nc1.CON(C)C(=O)c1cnc(N2CCN(C(=O)OC(C)(C)C)CC2)nc1.Cc1ccccc1.[Br-].[Mg+2].[Na+].[OH-].[c-]1ccccc1.c1ccc(-c2ccccc2)cc1. The second kappa shape index (κ2) is 63.9. The number of aryl methyl sites for hydroxylation is 1. The fourth-order valence-electron chi connectivity index (χ4n) is 11.0. The second-order valence-electron chi connectivity index (χ2n) is 32.2. The van der Waals surface area contributed by atoms with E-state index >= 15 is 0 Å². The number of carbonyl (C=O) groups excluding carboxylic acids is 7. The molecule has 0 radical (unpaired) electrons. The molecule has 708 valence electrons. The Labute approximate surface area is 825 Å². The van der Waals surface area contributed by atoms with E-state index in [1.807, 2.05) is 158 Å². The van der Waals surface area contributed by atoms with Crippen LogP contribution in [0.5, 0.6) is 0 Å². The molecule has 35 nitrogen and oxygen atoms in total. The number of amides is 5. The Morgan fingerprint density at radius 1 is 0.450 bits per heavy atom.